The van der Waals surface area contributed by atoms with Crippen LogP contribution >= 0.6 is 0 Å². The van der Waals surface area contributed by atoms with Crippen molar-refractivity contribution in [3.05, 3.63) is 53.4 Å². The fourth-order valence-electron chi connectivity index (χ4n) is 1.96. The summed E-state index contributed by atoms with van der Waals surface area (Å²) in [6.07, 6.45) is 3.52. The Kier molecular flexibility index (Phi) is 3.72. The Bertz CT molecular complexity index is 517. The minimum absolute atomic E-state index is 0.256. The van der Waals surface area contributed by atoms with Crippen molar-refractivity contribution in [2.45, 2.75) is 13.0 Å². The van der Waals surface area contributed by atoms with Gasteiger partial charge in [-0.3, -0.25) is 4.68 Å². The molecule has 1 aromatic heterocycles. The van der Waals surface area contributed by atoms with Gasteiger partial charge in [0.1, 0.15) is 11.6 Å². The van der Waals surface area contributed by atoms with Crippen LogP contribution in [0.25, 0.3) is 0 Å². The maximum absolute atomic E-state index is 13.3. The molecule has 1 atom stereocenters. The second-order valence-electron chi connectivity index (χ2n) is 4.14. The molecule has 0 fully saturated rings. The Balaban J connectivity index is 2.40. The monoisotopic (exact) mass is 251 g/mol. The van der Waals surface area contributed by atoms with E-state index in [1.807, 2.05) is 13.1 Å². The third-order valence-corrected chi connectivity index (χ3v) is 2.68. The van der Waals surface area contributed by atoms with Gasteiger partial charge in [-0.05, 0) is 24.2 Å². The number of nitrogens with one attached hydrogen (secondary N) is 1. The zero-order valence-corrected chi connectivity index (χ0v) is 10.3. The molecule has 0 amide bonds. The van der Waals surface area contributed by atoms with Crippen LogP contribution in [0.4, 0.5) is 8.78 Å². The first-order chi connectivity index (χ1) is 8.60. The van der Waals surface area contributed by atoms with Crippen LogP contribution in [-0.2, 0) is 7.05 Å². The molecule has 3 nitrogen and oxygen atoms in total. The Morgan fingerprint density at radius 3 is 2.39 bits per heavy atom. The normalized spacial score (nSPS) is 12.7. The molecular weight excluding hydrogens is 236 g/mol. The van der Waals surface area contributed by atoms with Crippen molar-refractivity contribution in [3.63, 3.8) is 0 Å². The third-order valence-electron chi connectivity index (χ3n) is 2.68. The molecule has 0 bridgehead atoms. The summed E-state index contributed by atoms with van der Waals surface area (Å²) < 4.78 is 28.2. The molecule has 0 spiro atoms. The van der Waals surface area contributed by atoms with Gasteiger partial charge in [0, 0.05) is 24.9 Å². The summed E-state index contributed by atoms with van der Waals surface area (Å²) in [4.78, 5) is 0. The summed E-state index contributed by atoms with van der Waals surface area (Å²) in [5, 5.41) is 7.28. The molecule has 2 aromatic rings. The van der Waals surface area contributed by atoms with E-state index in [2.05, 4.69) is 10.4 Å². The van der Waals surface area contributed by atoms with Crippen LogP contribution in [0.15, 0.2) is 30.6 Å². The van der Waals surface area contributed by atoms with Gasteiger partial charge < -0.3 is 5.32 Å². The number of rotatable bonds is 4. The first-order valence-electron chi connectivity index (χ1n) is 5.78. The topological polar surface area (TPSA) is 29.9 Å². The number of halogens is 2. The first-order valence-corrected chi connectivity index (χ1v) is 5.78. The van der Waals surface area contributed by atoms with Gasteiger partial charge >= 0.3 is 0 Å². The molecule has 96 valence electrons. The summed E-state index contributed by atoms with van der Waals surface area (Å²) in [6, 6.07) is 3.29. The minimum Gasteiger partial charge on any atom is -0.306 e. The summed E-state index contributed by atoms with van der Waals surface area (Å²) >= 11 is 0. The van der Waals surface area contributed by atoms with Gasteiger partial charge in [0.15, 0.2) is 0 Å². The Morgan fingerprint density at radius 1 is 1.22 bits per heavy atom. The van der Waals surface area contributed by atoms with Gasteiger partial charge in [0.2, 0.25) is 0 Å². The van der Waals surface area contributed by atoms with Crippen LogP contribution < -0.4 is 5.32 Å². The average Bonchev–Trinajstić information content (AvgIpc) is 2.71. The highest BCUT2D eigenvalue weighted by molar-refractivity contribution is 5.30. The molecule has 2 rings (SSSR count). The van der Waals surface area contributed by atoms with Gasteiger partial charge in [-0.2, -0.15) is 5.10 Å². The highest BCUT2D eigenvalue weighted by Crippen LogP contribution is 2.23. The number of hydrogen-bond donors (Lipinski definition) is 1. The van der Waals surface area contributed by atoms with E-state index in [1.54, 1.807) is 17.9 Å². The van der Waals surface area contributed by atoms with Crippen LogP contribution in [0.1, 0.15) is 24.1 Å². The van der Waals surface area contributed by atoms with Crippen LogP contribution in [0.2, 0.25) is 0 Å². The van der Waals surface area contributed by atoms with Crippen molar-refractivity contribution in [1.29, 1.82) is 0 Å². The summed E-state index contributed by atoms with van der Waals surface area (Å²) in [6.45, 7) is 2.64. The Morgan fingerprint density at radius 2 is 1.89 bits per heavy atom. The Labute approximate surface area is 104 Å². The highest BCUT2D eigenvalue weighted by Gasteiger charge is 2.16. The Hall–Kier alpha value is -1.75. The van der Waals surface area contributed by atoms with Gasteiger partial charge in [0.05, 0.1) is 12.2 Å². The molecule has 0 aliphatic rings. The zero-order chi connectivity index (χ0) is 13.1. The van der Waals surface area contributed by atoms with Gasteiger partial charge in [-0.15, -0.1) is 0 Å². The number of benzene rings is 1. The number of aromatic nitrogens is 2. The lowest BCUT2D eigenvalue weighted by Crippen LogP contribution is -2.22. The smallest absolute Gasteiger partial charge is 0.126 e. The summed E-state index contributed by atoms with van der Waals surface area (Å²) in [5.74, 6) is -1.14. The van der Waals surface area contributed by atoms with Crippen molar-refractivity contribution >= 4 is 0 Å². The number of nitrogens with zero attached hydrogens (tertiary/aromatic N) is 2. The molecule has 0 radical (unpaired) electrons. The molecule has 1 N–H and O–H groups in total. The van der Waals surface area contributed by atoms with E-state index in [-0.39, 0.29) is 6.04 Å². The fraction of sp³-hybridized carbons (Fsp3) is 0.308. The fourth-order valence-corrected chi connectivity index (χ4v) is 1.96. The molecule has 1 heterocycles. The van der Waals surface area contributed by atoms with Gasteiger partial charge in [-0.1, -0.05) is 6.92 Å². The molecular formula is C13H15F2N3. The summed E-state index contributed by atoms with van der Waals surface area (Å²) in [7, 11) is 1.80. The van der Waals surface area contributed by atoms with E-state index in [4.69, 9.17) is 0 Å². The molecule has 0 aliphatic carbocycles. The van der Waals surface area contributed by atoms with E-state index in [0.29, 0.717) is 12.1 Å². The quantitative estimate of drug-likeness (QED) is 0.904. The van der Waals surface area contributed by atoms with Crippen LogP contribution in [-0.4, -0.2) is 16.3 Å². The SMILES string of the molecule is CCNC(c1cc(F)cc(F)c1)c1cnn(C)c1. The van der Waals surface area contributed by atoms with E-state index < -0.39 is 11.6 Å². The average molecular weight is 251 g/mol. The molecule has 1 unspecified atom stereocenters. The van der Waals surface area contributed by atoms with Crippen molar-refractivity contribution in [3.8, 4) is 0 Å². The van der Waals surface area contributed by atoms with Crippen molar-refractivity contribution in [2.24, 2.45) is 7.05 Å². The molecule has 18 heavy (non-hydrogen) atoms. The molecule has 1 aromatic carbocycles. The van der Waals surface area contributed by atoms with Crippen LogP contribution in [0, 0.1) is 11.6 Å². The maximum atomic E-state index is 13.3. The third kappa shape index (κ3) is 2.73. The highest BCUT2D eigenvalue weighted by atomic mass is 19.1. The zero-order valence-electron chi connectivity index (χ0n) is 10.3. The van der Waals surface area contributed by atoms with E-state index in [9.17, 15) is 8.78 Å². The molecule has 0 saturated heterocycles. The largest absolute Gasteiger partial charge is 0.306 e. The van der Waals surface area contributed by atoms with Gasteiger partial charge in [-0.25, -0.2) is 8.78 Å². The second-order valence-corrected chi connectivity index (χ2v) is 4.14. The van der Waals surface area contributed by atoms with Crippen molar-refractivity contribution in [1.82, 2.24) is 15.1 Å². The van der Waals surface area contributed by atoms with Crippen LogP contribution in [0.3, 0.4) is 0 Å². The standard InChI is InChI=1S/C13H15F2N3/c1-3-16-13(10-7-17-18(2)8-10)9-4-11(14)6-12(15)5-9/h4-8,13,16H,3H2,1-2H3. The van der Waals surface area contributed by atoms with E-state index in [1.165, 1.54) is 12.1 Å². The first kappa shape index (κ1) is 12.7. The maximum Gasteiger partial charge on any atom is 0.126 e. The van der Waals surface area contributed by atoms with Crippen molar-refractivity contribution < 1.29 is 8.78 Å². The lowest BCUT2D eigenvalue weighted by atomic mass is 10.0. The molecule has 0 saturated carbocycles. The number of hydrogen-bond acceptors (Lipinski definition) is 2. The van der Waals surface area contributed by atoms with Crippen molar-refractivity contribution in [2.75, 3.05) is 6.54 Å². The van der Waals surface area contributed by atoms with E-state index in [0.717, 1.165) is 11.6 Å². The molecule has 5 heteroatoms. The number of aryl methyl sites for hydroxylation is 1. The second kappa shape index (κ2) is 5.27. The van der Waals surface area contributed by atoms with E-state index >= 15 is 0 Å². The predicted molar refractivity (Wildman–Crippen MR) is 65.1 cm³/mol. The summed E-state index contributed by atoms with van der Waals surface area (Å²) in [5.41, 5.74) is 1.44. The predicted octanol–water partition coefficient (Wildman–Crippen LogP) is 2.40. The molecule has 0 aliphatic heterocycles. The minimum atomic E-state index is -0.572. The lowest BCUT2D eigenvalue weighted by molar-refractivity contribution is 0.565. The lowest BCUT2D eigenvalue weighted by Gasteiger charge is -2.17. The van der Waals surface area contributed by atoms with Crippen LogP contribution in [0.5, 0.6) is 0 Å². The van der Waals surface area contributed by atoms with Gasteiger partial charge in [0.25, 0.3) is 0 Å².